The lowest BCUT2D eigenvalue weighted by atomic mass is 10.0. The minimum Gasteiger partial charge on any atom is -0.506 e. The summed E-state index contributed by atoms with van der Waals surface area (Å²) in [4.78, 5) is 0. The lowest BCUT2D eigenvalue weighted by Gasteiger charge is -2.16. The lowest BCUT2D eigenvalue weighted by molar-refractivity contribution is 0.182. The molecule has 0 saturated carbocycles. The fourth-order valence-corrected chi connectivity index (χ4v) is 1.76. The summed E-state index contributed by atoms with van der Waals surface area (Å²) in [6.45, 7) is 0.130. The molecule has 1 atom stereocenters. The molecule has 0 bridgehead atoms. The molecule has 0 saturated heterocycles. The SMILES string of the molecule is COCc1ccc(Br)c(O)c1C(N)CO. The molecular formula is C10H14BrNO3. The van der Waals surface area contributed by atoms with E-state index in [1.165, 1.54) is 0 Å². The summed E-state index contributed by atoms with van der Waals surface area (Å²) in [5, 5.41) is 18.8. The van der Waals surface area contributed by atoms with Crippen molar-refractivity contribution in [1.29, 1.82) is 0 Å². The van der Waals surface area contributed by atoms with Crippen LogP contribution in [0.4, 0.5) is 0 Å². The predicted molar refractivity (Wildman–Crippen MR) is 60.5 cm³/mol. The Morgan fingerprint density at radius 3 is 2.73 bits per heavy atom. The zero-order valence-corrected chi connectivity index (χ0v) is 9.99. The maximum absolute atomic E-state index is 9.81. The Balaban J connectivity index is 3.21. The summed E-state index contributed by atoms with van der Waals surface area (Å²) in [6.07, 6.45) is 0. The predicted octanol–water partition coefficient (Wildman–Crippen LogP) is 1.29. The number of ether oxygens (including phenoxy) is 1. The van der Waals surface area contributed by atoms with E-state index in [1.54, 1.807) is 19.2 Å². The molecule has 1 aromatic rings. The quantitative estimate of drug-likeness (QED) is 0.774. The Morgan fingerprint density at radius 2 is 2.20 bits per heavy atom. The summed E-state index contributed by atoms with van der Waals surface area (Å²) in [5.41, 5.74) is 7.01. The second kappa shape index (κ2) is 5.46. The van der Waals surface area contributed by atoms with Gasteiger partial charge in [-0.25, -0.2) is 0 Å². The molecule has 0 aliphatic carbocycles. The summed E-state index contributed by atoms with van der Waals surface area (Å²) in [6, 6.07) is 2.92. The number of benzene rings is 1. The van der Waals surface area contributed by atoms with Crippen molar-refractivity contribution >= 4 is 15.9 Å². The lowest BCUT2D eigenvalue weighted by Crippen LogP contribution is -2.17. The highest BCUT2D eigenvalue weighted by atomic mass is 79.9. The first kappa shape index (κ1) is 12.4. The highest BCUT2D eigenvalue weighted by Crippen LogP contribution is 2.34. The Kier molecular flexibility index (Phi) is 4.53. The molecule has 0 aliphatic rings. The van der Waals surface area contributed by atoms with Gasteiger partial charge in [0.25, 0.3) is 0 Å². The number of hydrogen-bond donors (Lipinski definition) is 3. The molecule has 0 aliphatic heterocycles. The number of hydrogen-bond acceptors (Lipinski definition) is 4. The van der Waals surface area contributed by atoms with E-state index in [4.69, 9.17) is 15.6 Å². The molecule has 84 valence electrons. The summed E-state index contributed by atoms with van der Waals surface area (Å²) < 4.78 is 5.55. The van der Waals surface area contributed by atoms with Crippen molar-refractivity contribution in [1.82, 2.24) is 0 Å². The van der Waals surface area contributed by atoms with Crippen LogP contribution in [0.5, 0.6) is 5.75 Å². The molecule has 4 N–H and O–H groups in total. The van der Waals surface area contributed by atoms with Gasteiger partial charge in [0.1, 0.15) is 5.75 Å². The van der Waals surface area contributed by atoms with Crippen LogP contribution in [0.2, 0.25) is 0 Å². The van der Waals surface area contributed by atoms with Gasteiger partial charge >= 0.3 is 0 Å². The monoisotopic (exact) mass is 275 g/mol. The number of aliphatic hydroxyl groups excluding tert-OH is 1. The van der Waals surface area contributed by atoms with E-state index in [9.17, 15) is 5.11 Å². The van der Waals surface area contributed by atoms with Crippen LogP contribution in [-0.4, -0.2) is 23.9 Å². The number of methoxy groups -OCH3 is 1. The number of phenols is 1. The van der Waals surface area contributed by atoms with Crippen molar-refractivity contribution in [2.45, 2.75) is 12.6 Å². The van der Waals surface area contributed by atoms with Gasteiger partial charge in [-0.1, -0.05) is 6.07 Å². The molecule has 5 heteroatoms. The second-order valence-electron chi connectivity index (χ2n) is 3.19. The Bertz CT molecular complexity index is 344. The number of halogens is 1. The van der Waals surface area contributed by atoms with Crippen LogP contribution in [0.3, 0.4) is 0 Å². The molecule has 0 radical (unpaired) electrons. The molecule has 0 amide bonds. The van der Waals surface area contributed by atoms with Gasteiger partial charge in [-0.2, -0.15) is 0 Å². The zero-order chi connectivity index (χ0) is 11.4. The number of nitrogens with two attached hydrogens (primary N) is 1. The third-order valence-electron chi connectivity index (χ3n) is 2.13. The molecule has 4 nitrogen and oxygen atoms in total. The van der Waals surface area contributed by atoms with Gasteiger partial charge in [0, 0.05) is 12.7 Å². The summed E-state index contributed by atoms with van der Waals surface area (Å²) in [7, 11) is 1.56. The minimum absolute atomic E-state index is 0.0612. The highest BCUT2D eigenvalue weighted by Gasteiger charge is 2.17. The molecule has 1 aromatic carbocycles. The smallest absolute Gasteiger partial charge is 0.134 e. The van der Waals surface area contributed by atoms with Crippen LogP contribution < -0.4 is 5.73 Å². The third-order valence-corrected chi connectivity index (χ3v) is 2.77. The summed E-state index contributed by atoms with van der Waals surface area (Å²) >= 11 is 3.20. The van der Waals surface area contributed by atoms with Crippen molar-refractivity contribution in [3.05, 3.63) is 27.7 Å². The largest absolute Gasteiger partial charge is 0.506 e. The average molecular weight is 276 g/mol. The van der Waals surface area contributed by atoms with Gasteiger partial charge in [0.15, 0.2) is 0 Å². The van der Waals surface area contributed by atoms with E-state index in [-0.39, 0.29) is 12.4 Å². The number of aliphatic hydroxyl groups is 1. The molecule has 0 heterocycles. The first-order valence-corrected chi connectivity index (χ1v) is 5.26. The van der Waals surface area contributed by atoms with Crippen molar-refractivity contribution < 1.29 is 14.9 Å². The van der Waals surface area contributed by atoms with Crippen LogP contribution >= 0.6 is 15.9 Å². The first-order valence-electron chi connectivity index (χ1n) is 4.47. The molecule has 0 spiro atoms. The molecule has 1 unspecified atom stereocenters. The third kappa shape index (κ3) is 2.69. The summed E-state index contributed by atoms with van der Waals surface area (Å²) in [5.74, 6) is 0.0612. The zero-order valence-electron chi connectivity index (χ0n) is 8.40. The Labute approximate surface area is 96.8 Å². The molecule has 15 heavy (non-hydrogen) atoms. The van der Waals surface area contributed by atoms with E-state index < -0.39 is 6.04 Å². The molecule has 0 fully saturated rings. The van der Waals surface area contributed by atoms with Gasteiger partial charge in [0.05, 0.1) is 23.7 Å². The van der Waals surface area contributed by atoms with Crippen LogP contribution in [0, 0.1) is 0 Å². The van der Waals surface area contributed by atoms with E-state index in [0.29, 0.717) is 16.6 Å². The van der Waals surface area contributed by atoms with Gasteiger partial charge < -0.3 is 20.7 Å². The van der Waals surface area contributed by atoms with Gasteiger partial charge in [0.2, 0.25) is 0 Å². The van der Waals surface area contributed by atoms with Gasteiger partial charge in [-0.05, 0) is 27.6 Å². The van der Waals surface area contributed by atoms with Crippen LogP contribution in [0.25, 0.3) is 0 Å². The normalized spacial score (nSPS) is 12.8. The maximum atomic E-state index is 9.81. The fraction of sp³-hybridized carbons (Fsp3) is 0.400. The molecular weight excluding hydrogens is 262 g/mol. The average Bonchev–Trinajstić information content (AvgIpc) is 2.23. The van der Waals surface area contributed by atoms with Gasteiger partial charge in [-0.3, -0.25) is 0 Å². The number of rotatable bonds is 4. The van der Waals surface area contributed by atoms with Crippen LogP contribution in [0.1, 0.15) is 17.2 Å². The van der Waals surface area contributed by atoms with Crippen molar-refractivity contribution in [2.75, 3.05) is 13.7 Å². The van der Waals surface area contributed by atoms with E-state index in [0.717, 1.165) is 5.56 Å². The standard InChI is InChI=1S/C10H14BrNO3/c1-15-5-6-2-3-7(11)10(14)9(6)8(12)4-13/h2-3,8,13-14H,4-5,12H2,1H3. The highest BCUT2D eigenvalue weighted by molar-refractivity contribution is 9.10. The topological polar surface area (TPSA) is 75.7 Å². The van der Waals surface area contributed by atoms with E-state index >= 15 is 0 Å². The van der Waals surface area contributed by atoms with Crippen molar-refractivity contribution in [3.8, 4) is 5.75 Å². The van der Waals surface area contributed by atoms with Crippen molar-refractivity contribution in [2.24, 2.45) is 5.73 Å². The van der Waals surface area contributed by atoms with Crippen molar-refractivity contribution in [3.63, 3.8) is 0 Å². The van der Waals surface area contributed by atoms with Gasteiger partial charge in [-0.15, -0.1) is 0 Å². The molecule has 0 aromatic heterocycles. The second-order valence-corrected chi connectivity index (χ2v) is 4.05. The Morgan fingerprint density at radius 1 is 1.53 bits per heavy atom. The Hall–Kier alpha value is -0.620. The number of phenolic OH excluding ortho intramolecular Hbond substituents is 1. The van der Waals surface area contributed by atoms with Crippen LogP contribution in [-0.2, 0) is 11.3 Å². The van der Waals surface area contributed by atoms with E-state index in [2.05, 4.69) is 15.9 Å². The molecule has 1 rings (SSSR count). The fourth-order valence-electron chi connectivity index (χ4n) is 1.41. The minimum atomic E-state index is -0.604. The van der Waals surface area contributed by atoms with Crippen LogP contribution in [0.15, 0.2) is 16.6 Å². The maximum Gasteiger partial charge on any atom is 0.134 e. The van der Waals surface area contributed by atoms with E-state index in [1.807, 2.05) is 0 Å². The first-order chi connectivity index (χ1) is 7.11. The number of aromatic hydroxyl groups is 1.